The molecule has 0 unspecified atom stereocenters. The molecule has 1 aliphatic carbocycles. The standard InChI is InChI=1S/C22H20FN5O3/c1-12-17(18-19(27-22(2)7-8-22)25-11-26-21(18)30-12)20(29)24-10-15-9-16(31-28-15)13-3-5-14(23)6-4-13/h3-6,9,11H,7-8,10H2,1-2H3,(H,24,29)(H,25,26,27). The minimum Gasteiger partial charge on any atom is -0.442 e. The van der Waals surface area contributed by atoms with Crippen molar-refractivity contribution in [3.8, 4) is 11.3 Å². The minimum absolute atomic E-state index is 0.0162. The van der Waals surface area contributed by atoms with Gasteiger partial charge in [-0.25, -0.2) is 14.4 Å². The number of furan rings is 1. The molecule has 3 aromatic heterocycles. The molecule has 1 fully saturated rings. The number of hydrogen-bond donors (Lipinski definition) is 2. The number of anilines is 1. The van der Waals surface area contributed by atoms with E-state index in [9.17, 15) is 9.18 Å². The second-order valence-corrected chi connectivity index (χ2v) is 7.99. The fourth-order valence-electron chi connectivity index (χ4n) is 3.42. The van der Waals surface area contributed by atoms with E-state index in [0.717, 1.165) is 12.8 Å². The van der Waals surface area contributed by atoms with Gasteiger partial charge in [0, 0.05) is 17.2 Å². The normalized spacial score (nSPS) is 14.5. The van der Waals surface area contributed by atoms with Crippen molar-refractivity contribution >= 4 is 22.8 Å². The molecule has 0 radical (unpaired) electrons. The molecule has 0 aliphatic heterocycles. The summed E-state index contributed by atoms with van der Waals surface area (Å²) in [5.41, 5.74) is 1.98. The zero-order chi connectivity index (χ0) is 21.6. The van der Waals surface area contributed by atoms with Crippen LogP contribution in [0.25, 0.3) is 22.4 Å². The molecule has 9 heteroatoms. The number of halogens is 1. The van der Waals surface area contributed by atoms with Gasteiger partial charge in [-0.15, -0.1) is 0 Å². The number of benzene rings is 1. The number of carbonyl (C=O) groups is 1. The lowest BCUT2D eigenvalue weighted by Crippen LogP contribution is -2.24. The minimum atomic E-state index is -0.327. The van der Waals surface area contributed by atoms with Crippen LogP contribution in [0.4, 0.5) is 10.2 Å². The van der Waals surface area contributed by atoms with Crippen LogP contribution in [0.1, 0.15) is 41.6 Å². The highest BCUT2D eigenvalue weighted by Gasteiger charge is 2.38. The predicted octanol–water partition coefficient (Wildman–Crippen LogP) is 4.22. The van der Waals surface area contributed by atoms with Crippen molar-refractivity contribution < 1.29 is 18.1 Å². The van der Waals surface area contributed by atoms with Crippen molar-refractivity contribution in [1.29, 1.82) is 0 Å². The zero-order valence-electron chi connectivity index (χ0n) is 17.0. The lowest BCUT2D eigenvalue weighted by atomic mass is 10.1. The summed E-state index contributed by atoms with van der Waals surface area (Å²) in [6.07, 6.45) is 3.51. The van der Waals surface area contributed by atoms with Crippen molar-refractivity contribution in [2.75, 3.05) is 5.32 Å². The Morgan fingerprint density at radius 1 is 1.23 bits per heavy atom. The molecule has 1 aliphatic rings. The SMILES string of the molecule is Cc1oc2ncnc(NC3(C)CC3)c2c1C(=O)NCc1cc(-c2ccc(F)cc2)on1. The maximum Gasteiger partial charge on any atom is 0.255 e. The van der Waals surface area contributed by atoms with E-state index in [-0.39, 0.29) is 23.8 Å². The van der Waals surface area contributed by atoms with Crippen molar-refractivity contribution in [2.45, 2.75) is 38.8 Å². The average molecular weight is 421 g/mol. The molecule has 0 saturated heterocycles. The summed E-state index contributed by atoms with van der Waals surface area (Å²) < 4.78 is 24.1. The van der Waals surface area contributed by atoms with Crippen LogP contribution >= 0.6 is 0 Å². The number of fused-ring (bicyclic) bond motifs is 1. The van der Waals surface area contributed by atoms with E-state index >= 15 is 0 Å². The molecule has 4 aromatic rings. The smallest absolute Gasteiger partial charge is 0.255 e. The van der Waals surface area contributed by atoms with Crippen molar-refractivity contribution in [3.63, 3.8) is 0 Å². The monoisotopic (exact) mass is 421 g/mol. The van der Waals surface area contributed by atoms with Gasteiger partial charge in [-0.2, -0.15) is 0 Å². The first-order valence-corrected chi connectivity index (χ1v) is 9.94. The molecule has 31 heavy (non-hydrogen) atoms. The number of amides is 1. The first kappa shape index (κ1) is 19.2. The summed E-state index contributed by atoms with van der Waals surface area (Å²) in [5.74, 6) is 0.899. The van der Waals surface area contributed by atoms with Crippen LogP contribution in [0, 0.1) is 12.7 Å². The highest BCUT2D eigenvalue weighted by Crippen LogP contribution is 2.40. The van der Waals surface area contributed by atoms with E-state index in [1.807, 2.05) is 0 Å². The first-order valence-electron chi connectivity index (χ1n) is 9.94. The molecular formula is C22H20FN5O3. The van der Waals surface area contributed by atoms with Gasteiger partial charge in [-0.1, -0.05) is 5.16 Å². The topological polar surface area (TPSA) is 106 Å². The van der Waals surface area contributed by atoms with Gasteiger partial charge < -0.3 is 19.6 Å². The molecule has 1 amide bonds. The first-order chi connectivity index (χ1) is 14.9. The van der Waals surface area contributed by atoms with Crippen LogP contribution in [-0.2, 0) is 6.54 Å². The third-order valence-corrected chi connectivity index (χ3v) is 5.43. The van der Waals surface area contributed by atoms with Gasteiger partial charge in [0.05, 0.1) is 17.5 Å². The lowest BCUT2D eigenvalue weighted by Gasteiger charge is -2.13. The third-order valence-electron chi connectivity index (χ3n) is 5.43. The Balaban J connectivity index is 1.36. The third kappa shape index (κ3) is 3.74. The molecule has 0 atom stereocenters. The maximum atomic E-state index is 13.1. The largest absolute Gasteiger partial charge is 0.442 e. The van der Waals surface area contributed by atoms with Gasteiger partial charge in [-0.05, 0) is 51.0 Å². The Hall–Kier alpha value is -3.75. The second-order valence-electron chi connectivity index (χ2n) is 7.99. The fraction of sp³-hybridized carbons (Fsp3) is 0.273. The molecule has 1 aromatic carbocycles. The molecule has 8 nitrogen and oxygen atoms in total. The number of aryl methyl sites for hydroxylation is 1. The molecule has 5 rings (SSSR count). The summed E-state index contributed by atoms with van der Waals surface area (Å²) in [5, 5.41) is 10.8. The van der Waals surface area contributed by atoms with Crippen LogP contribution in [0.2, 0.25) is 0 Å². The maximum absolute atomic E-state index is 13.1. The van der Waals surface area contributed by atoms with Crippen molar-refractivity contribution in [1.82, 2.24) is 20.4 Å². The predicted molar refractivity (Wildman–Crippen MR) is 111 cm³/mol. The van der Waals surface area contributed by atoms with E-state index < -0.39 is 0 Å². The van der Waals surface area contributed by atoms with E-state index in [2.05, 4.69) is 32.7 Å². The molecular weight excluding hydrogens is 401 g/mol. The summed E-state index contributed by atoms with van der Waals surface area (Å²) >= 11 is 0. The quantitative estimate of drug-likeness (QED) is 0.480. The highest BCUT2D eigenvalue weighted by atomic mass is 19.1. The van der Waals surface area contributed by atoms with Gasteiger partial charge in [0.1, 0.15) is 29.4 Å². The number of carbonyl (C=O) groups excluding carboxylic acids is 1. The molecule has 3 heterocycles. The molecule has 2 N–H and O–H groups in total. The molecule has 0 spiro atoms. The number of rotatable bonds is 6. The average Bonchev–Trinajstić information content (AvgIpc) is 3.14. The number of aromatic nitrogens is 3. The van der Waals surface area contributed by atoms with Gasteiger partial charge in [0.25, 0.3) is 5.91 Å². The molecule has 1 saturated carbocycles. The van der Waals surface area contributed by atoms with Gasteiger partial charge >= 0.3 is 0 Å². The number of hydrogen-bond acceptors (Lipinski definition) is 7. The van der Waals surface area contributed by atoms with Crippen molar-refractivity contribution in [3.05, 3.63) is 59.5 Å². The Morgan fingerprint density at radius 2 is 2.00 bits per heavy atom. The lowest BCUT2D eigenvalue weighted by molar-refractivity contribution is 0.0950. The summed E-state index contributed by atoms with van der Waals surface area (Å²) in [4.78, 5) is 21.5. The van der Waals surface area contributed by atoms with E-state index in [1.54, 1.807) is 25.1 Å². The summed E-state index contributed by atoms with van der Waals surface area (Å²) in [7, 11) is 0. The van der Waals surface area contributed by atoms with Crippen LogP contribution < -0.4 is 10.6 Å². The summed E-state index contributed by atoms with van der Waals surface area (Å²) in [6, 6.07) is 7.61. The Bertz CT molecular complexity index is 1270. The second kappa shape index (κ2) is 7.19. The fourth-order valence-corrected chi connectivity index (χ4v) is 3.42. The van der Waals surface area contributed by atoms with Crippen LogP contribution in [0.15, 0.2) is 45.6 Å². The number of nitrogens with zero attached hydrogens (tertiary/aromatic N) is 3. The van der Waals surface area contributed by atoms with Crippen LogP contribution in [0.3, 0.4) is 0 Å². The Kier molecular flexibility index (Phi) is 4.46. The summed E-state index contributed by atoms with van der Waals surface area (Å²) in [6.45, 7) is 3.99. The van der Waals surface area contributed by atoms with E-state index in [0.29, 0.717) is 45.3 Å². The molecule has 0 bridgehead atoms. The van der Waals surface area contributed by atoms with Crippen LogP contribution in [-0.4, -0.2) is 26.6 Å². The van der Waals surface area contributed by atoms with Crippen LogP contribution in [0.5, 0.6) is 0 Å². The van der Waals surface area contributed by atoms with E-state index in [1.165, 1.54) is 18.5 Å². The highest BCUT2D eigenvalue weighted by molar-refractivity contribution is 6.10. The Morgan fingerprint density at radius 3 is 2.74 bits per heavy atom. The van der Waals surface area contributed by atoms with Gasteiger partial charge in [0.2, 0.25) is 5.71 Å². The Labute approximate surface area is 176 Å². The number of nitrogens with one attached hydrogen (secondary N) is 2. The van der Waals surface area contributed by atoms with Gasteiger partial charge in [-0.3, -0.25) is 4.79 Å². The van der Waals surface area contributed by atoms with Crippen molar-refractivity contribution in [2.24, 2.45) is 0 Å². The zero-order valence-corrected chi connectivity index (χ0v) is 17.0. The molecule has 158 valence electrons. The van der Waals surface area contributed by atoms with Gasteiger partial charge in [0.15, 0.2) is 5.76 Å². The van der Waals surface area contributed by atoms with E-state index in [4.69, 9.17) is 8.94 Å².